The fourth-order valence-electron chi connectivity index (χ4n) is 2.28. The molecule has 0 aliphatic carbocycles. The molecule has 0 saturated carbocycles. The van der Waals surface area contributed by atoms with Gasteiger partial charge in [-0.3, -0.25) is 9.89 Å². The Balaban J connectivity index is 1.69. The lowest BCUT2D eigenvalue weighted by Gasteiger charge is -2.05. The van der Waals surface area contributed by atoms with E-state index in [4.69, 9.17) is 0 Å². The Kier molecular flexibility index (Phi) is 3.69. The molecular formula is C17H17N3O. The Morgan fingerprint density at radius 3 is 2.71 bits per heavy atom. The first-order valence-corrected chi connectivity index (χ1v) is 7.06. The summed E-state index contributed by atoms with van der Waals surface area (Å²) in [5, 5.41) is 12.1. The summed E-state index contributed by atoms with van der Waals surface area (Å²) in [5.74, 6) is -0.154. The third-order valence-corrected chi connectivity index (χ3v) is 3.51. The van der Waals surface area contributed by atoms with Gasteiger partial charge in [0.15, 0.2) is 0 Å². The van der Waals surface area contributed by atoms with Gasteiger partial charge in [0.2, 0.25) is 0 Å². The van der Waals surface area contributed by atoms with Gasteiger partial charge in [-0.05, 0) is 34.9 Å². The zero-order valence-corrected chi connectivity index (χ0v) is 11.9. The minimum Gasteiger partial charge on any atom is -0.347 e. The van der Waals surface area contributed by atoms with Crippen LogP contribution >= 0.6 is 0 Å². The number of aromatic amines is 1. The molecule has 4 heteroatoms. The number of aryl methyl sites for hydroxylation is 1. The molecule has 0 atom stereocenters. The van der Waals surface area contributed by atoms with Crippen molar-refractivity contribution in [3.63, 3.8) is 0 Å². The van der Waals surface area contributed by atoms with Gasteiger partial charge in [-0.1, -0.05) is 43.3 Å². The quantitative estimate of drug-likeness (QED) is 0.771. The second kappa shape index (κ2) is 5.79. The van der Waals surface area contributed by atoms with Crippen LogP contribution < -0.4 is 5.32 Å². The molecule has 2 N–H and O–H groups in total. The van der Waals surface area contributed by atoms with Crippen LogP contribution in [0.25, 0.3) is 10.8 Å². The molecule has 1 aromatic heterocycles. The Morgan fingerprint density at radius 1 is 1.14 bits per heavy atom. The largest absolute Gasteiger partial charge is 0.347 e. The fourth-order valence-corrected chi connectivity index (χ4v) is 2.28. The van der Waals surface area contributed by atoms with E-state index in [2.05, 4.69) is 39.8 Å². The standard InChI is InChI=1S/C17H17N3O/c1-2-15-10-16(20-19-15)17(21)18-11-12-7-8-13-5-3-4-6-14(13)9-12/h3-10H,2,11H2,1H3,(H,18,21)(H,19,20). The van der Waals surface area contributed by atoms with E-state index in [1.165, 1.54) is 10.8 Å². The molecule has 3 aromatic rings. The Bertz CT molecular complexity index is 776. The van der Waals surface area contributed by atoms with Crippen molar-refractivity contribution in [1.82, 2.24) is 15.5 Å². The molecule has 4 nitrogen and oxygen atoms in total. The normalized spacial score (nSPS) is 10.7. The van der Waals surface area contributed by atoms with E-state index in [1.807, 2.05) is 25.1 Å². The van der Waals surface area contributed by atoms with Gasteiger partial charge >= 0.3 is 0 Å². The number of carbonyl (C=O) groups excluding carboxylic acids is 1. The van der Waals surface area contributed by atoms with Crippen molar-refractivity contribution in [2.45, 2.75) is 19.9 Å². The third-order valence-electron chi connectivity index (χ3n) is 3.51. The van der Waals surface area contributed by atoms with E-state index in [1.54, 1.807) is 6.07 Å². The molecule has 0 spiro atoms. The van der Waals surface area contributed by atoms with Gasteiger partial charge in [0.1, 0.15) is 5.69 Å². The predicted octanol–water partition coefficient (Wildman–Crippen LogP) is 3.06. The SMILES string of the molecule is CCc1cc(C(=O)NCc2ccc3ccccc3c2)n[nH]1. The summed E-state index contributed by atoms with van der Waals surface area (Å²) in [7, 11) is 0. The van der Waals surface area contributed by atoms with Crippen LogP contribution in [-0.2, 0) is 13.0 Å². The van der Waals surface area contributed by atoms with Crippen LogP contribution in [-0.4, -0.2) is 16.1 Å². The molecule has 106 valence electrons. The van der Waals surface area contributed by atoms with Gasteiger partial charge < -0.3 is 5.32 Å². The maximum absolute atomic E-state index is 12.0. The maximum atomic E-state index is 12.0. The number of carbonyl (C=O) groups is 1. The van der Waals surface area contributed by atoms with E-state index in [9.17, 15) is 4.79 Å². The van der Waals surface area contributed by atoms with Crippen LogP contribution in [0.5, 0.6) is 0 Å². The third kappa shape index (κ3) is 2.94. The molecule has 0 fully saturated rings. The molecule has 0 aliphatic rings. The highest BCUT2D eigenvalue weighted by molar-refractivity contribution is 5.92. The lowest BCUT2D eigenvalue weighted by molar-refractivity contribution is 0.0946. The number of hydrogen-bond donors (Lipinski definition) is 2. The van der Waals surface area contributed by atoms with E-state index in [-0.39, 0.29) is 5.91 Å². The first kappa shape index (κ1) is 13.4. The number of hydrogen-bond acceptors (Lipinski definition) is 2. The van der Waals surface area contributed by atoms with Gasteiger partial charge in [0.25, 0.3) is 5.91 Å². The molecular weight excluding hydrogens is 262 g/mol. The molecule has 2 aromatic carbocycles. The second-order valence-electron chi connectivity index (χ2n) is 5.00. The average Bonchev–Trinajstić information content (AvgIpc) is 3.01. The van der Waals surface area contributed by atoms with Crippen molar-refractivity contribution in [3.8, 4) is 0 Å². The number of rotatable bonds is 4. The highest BCUT2D eigenvalue weighted by atomic mass is 16.1. The first-order valence-electron chi connectivity index (χ1n) is 7.06. The Hall–Kier alpha value is -2.62. The number of nitrogens with one attached hydrogen (secondary N) is 2. The van der Waals surface area contributed by atoms with E-state index in [0.29, 0.717) is 12.2 Å². The predicted molar refractivity (Wildman–Crippen MR) is 83.1 cm³/mol. The second-order valence-corrected chi connectivity index (χ2v) is 5.00. The van der Waals surface area contributed by atoms with Gasteiger partial charge in [-0.25, -0.2) is 0 Å². The smallest absolute Gasteiger partial charge is 0.272 e. The highest BCUT2D eigenvalue weighted by Crippen LogP contribution is 2.15. The molecule has 0 radical (unpaired) electrons. The Morgan fingerprint density at radius 2 is 1.95 bits per heavy atom. The molecule has 0 unspecified atom stereocenters. The minimum absolute atomic E-state index is 0.154. The van der Waals surface area contributed by atoms with Gasteiger partial charge in [0.05, 0.1) is 0 Å². The lowest BCUT2D eigenvalue weighted by atomic mass is 10.1. The van der Waals surface area contributed by atoms with E-state index < -0.39 is 0 Å². The van der Waals surface area contributed by atoms with Crippen LogP contribution in [0, 0.1) is 0 Å². The van der Waals surface area contributed by atoms with Crippen LogP contribution in [0.1, 0.15) is 28.7 Å². The summed E-state index contributed by atoms with van der Waals surface area (Å²) in [6, 6.07) is 16.2. The van der Waals surface area contributed by atoms with Crippen LogP contribution in [0.2, 0.25) is 0 Å². The summed E-state index contributed by atoms with van der Waals surface area (Å²) in [5.41, 5.74) is 2.48. The summed E-state index contributed by atoms with van der Waals surface area (Å²) in [4.78, 5) is 12.0. The summed E-state index contributed by atoms with van der Waals surface area (Å²) in [6.07, 6.45) is 0.838. The highest BCUT2D eigenvalue weighted by Gasteiger charge is 2.09. The van der Waals surface area contributed by atoms with Gasteiger partial charge in [-0.2, -0.15) is 5.10 Å². The number of fused-ring (bicyclic) bond motifs is 1. The van der Waals surface area contributed by atoms with E-state index in [0.717, 1.165) is 17.7 Å². The van der Waals surface area contributed by atoms with Crippen molar-refractivity contribution < 1.29 is 4.79 Å². The Labute approximate surface area is 123 Å². The zero-order chi connectivity index (χ0) is 14.7. The fraction of sp³-hybridized carbons (Fsp3) is 0.176. The number of H-pyrrole nitrogens is 1. The molecule has 21 heavy (non-hydrogen) atoms. The summed E-state index contributed by atoms with van der Waals surface area (Å²) in [6.45, 7) is 2.52. The zero-order valence-electron chi connectivity index (χ0n) is 11.9. The van der Waals surface area contributed by atoms with Crippen molar-refractivity contribution in [3.05, 3.63) is 65.5 Å². The van der Waals surface area contributed by atoms with Crippen LogP contribution in [0.15, 0.2) is 48.5 Å². The van der Waals surface area contributed by atoms with Crippen LogP contribution in [0.3, 0.4) is 0 Å². The molecule has 0 bridgehead atoms. The van der Waals surface area contributed by atoms with E-state index >= 15 is 0 Å². The lowest BCUT2D eigenvalue weighted by Crippen LogP contribution is -2.23. The van der Waals surface area contributed by atoms with Gasteiger partial charge in [-0.15, -0.1) is 0 Å². The first-order chi connectivity index (χ1) is 10.3. The number of amides is 1. The monoisotopic (exact) mass is 279 g/mol. The van der Waals surface area contributed by atoms with Crippen LogP contribution in [0.4, 0.5) is 0 Å². The number of nitrogens with zero attached hydrogens (tertiary/aromatic N) is 1. The molecule has 0 saturated heterocycles. The average molecular weight is 279 g/mol. The van der Waals surface area contributed by atoms with Gasteiger partial charge in [0, 0.05) is 12.2 Å². The topological polar surface area (TPSA) is 57.8 Å². The molecule has 3 rings (SSSR count). The molecule has 0 aliphatic heterocycles. The molecule has 1 amide bonds. The minimum atomic E-state index is -0.154. The van der Waals surface area contributed by atoms with Crippen molar-refractivity contribution >= 4 is 16.7 Å². The van der Waals surface area contributed by atoms with Crippen molar-refractivity contribution in [1.29, 1.82) is 0 Å². The molecule has 1 heterocycles. The number of aromatic nitrogens is 2. The summed E-state index contributed by atoms with van der Waals surface area (Å²) >= 11 is 0. The summed E-state index contributed by atoms with van der Waals surface area (Å²) < 4.78 is 0. The van der Waals surface area contributed by atoms with Crippen molar-refractivity contribution in [2.24, 2.45) is 0 Å². The number of benzene rings is 2. The van der Waals surface area contributed by atoms with Crippen molar-refractivity contribution in [2.75, 3.05) is 0 Å². The maximum Gasteiger partial charge on any atom is 0.272 e.